The van der Waals surface area contributed by atoms with E-state index in [2.05, 4.69) is 0 Å². The predicted molar refractivity (Wildman–Crippen MR) is 116 cm³/mol. The first-order chi connectivity index (χ1) is 15.0. The number of Topliss-reactive ketones (excluding diaryl/α,β-unsaturated/α-hetero) is 1. The number of hydrogen-bond acceptors (Lipinski definition) is 7. The normalized spacial score (nSPS) is 23.7. The quantitative estimate of drug-likeness (QED) is 0.612. The standard InChI is InChI=1S/C25H24O7/c1-12(2)5-6-14-16(26)10-19-20(21(14)27)22(28)25(29)15-9-13-7-8-24(3,4)32-17(13)11-18(15)30-23(25)31-19/h5,7-11,23,26-27,29H,6H2,1-4H3. The van der Waals surface area contributed by atoms with Crippen molar-refractivity contribution in [3.05, 3.63) is 58.2 Å². The summed E-state index contributed by atoms with van der Waals surface area (Å²) in [4.78, 5) is 13.6. The fourth-order valence-corrected chi connectivity index (χ4v) is 4.26. The van der Waals surface area contributed by atoms with Gasteiger partial charge < -0.3 is 29.5 Å². The first-order valence-corrected chi connectivity index (χ1v) is 10.4. The van der Waals surface area contributed by atoms with Crippen LogP contribution in [0, 0.1) is 0 Å². The van der Waals surface area contributed by atoms with E-state index in [0.717, 1.165) is 5.57 Å². The second-order valence-electron chi connectivity index (χ2n) is 9.17. The van der Waals surface area contributed by atoms with Gasteiger partial charge in [0.05, 0.1) is 0 Å². The third-order valence-corrected chi connectivity index (χ3v) is 6.00. The largest absolute Gasteiger partial charge is 0.507 e. The maximum absolute atomic E-state index is 13.6. The predicted octanol–water partition coefficient (Wildman–Crippen LogP) is 3.97. The van der Waals surface area contributed by atoms with E-state index >= 15 is 0 Å². The number of phenolic OH excluding ortho intramolecular Hbond substituents is 2. The molecular weight excluding hydrogens is 412 g/mol. The molecule has 0 radical (unpaired) electrons. The molecule has 32 heavy (non-hydrogen) atoms. The van der Waals surface area contributed by atoms with Gasteiger partial charge in [0, 0.05) is 28.8 Å². The number of carbonyl (C=O) groups is 1. The lowest BCUT2D eigenvalue weighted by atomic mass is 9.82. The Balaban J connectivity index is 1.63. The van der Waals surface area contributed by atoms with Gasteiger partial charge in [-0.15, -0.1) is 0 Å². The molecule has 7 heteroatoms. The van der Waals surface area contributed by atoms with Crippen LogP contribution in [0.5, 0.6) is 28.7 Å². The van der Waals surface area contributed by atoms with Gasteiger partial charge in [-0.05, 0) is 46.3 Å². The summed E-state index contributed by atoms with van der Waals surface area (Å²) in [5.74, 6) is -0.589. The van der Waals surface area contributed by atoms with Crippen molar-refractivity contribution in [3.63, 3.8) is 0 Å². The highest BCUT2D eigenvalue weighted by Gasteiger charge is 2.60. The van der Waals surface area contributed by atoms with Gasteiger partial charge >= 0.3 is 0 Å². The van der Waals surface area contributed by atoms with Crippen LogP contribution in [-0.2, 0) is 12.0 Å². The summed E-state index contributed by atoms with van der Waals surface area (Å²) in [6.07, 6.45) is 4.44. The molecule has 0 aromatic heterocycles. The molecule has 2 aromatic rings. The molecule has 0 saturated heterocycles. The monoisotopic (exact) mass is 436 g/mol. The van der Waals surface area contributed by atoms with Crippen molar-refractivity contribution in [2.24, 2.45) is 0 Å². The zero-order valence-electron chi connectivity index (χ0n) is 18.2. The number of rotatable bonds is 2. The average molecular weight is 436 g/mol. The summed E-state index contributed by atoms with van der Waals surface area (Å²) in [6.45, 7) is 7.61. The molecule has 0 aliphatic carbocycles. The topological polar surface area (TPSA) is 105 Å². The van der Waals surface area contributed by atoms with Crippen LogP contribution in [0.1, 0.15) is 54.7 Å². The molecule has 3 heterocycles. The van der Waals surface area contributed by atoms with Crippen molar-refractivity contribution in [1.29, 1.82) is 0 Å². The molecule has 2 aromatic carbocycles. The van der Waals surface area contributed by atoms with Gasteiger partial charge in [-0.25, -0.2) is 0 Å². The van der Waals surface area contributed by atoms with Gasteiger partial charge in [0.2, 0.25) is 11.4 Å². The second-order valence-corrected chi connectivity index (χ2v) is 9.17. The highest BCUT2D eigenvalue weighted by atomic mass is 16.7. The number of ketones is 1. The SMILES string of the molecule is CC(C)=CCc1c(O)cc2c(c1O)C(=O)C1(O)c3cc4c(cc3OC1O2)OC(C)(C)C=C4. The fourth-order valence-electron chi connectivity index (χ4n) is 4.26. The number of hydrogen-bond donors (Lipinski definition) is 3. The minimum absolute atomic E-state index is 0.0459. The minimum Gasteiger partial charge on any atom is -0.507 e. The van der Waals surface area contributed by atoms with Crippen LogP contribution < -0.4 is 14.2 Å². The molecule has 166 valence electrons. The Bertz CT molecular complexity index is 1230. The molecule has 2 atom stereocenters. The van der Waals surface area contributed by atoms with Crippen LogP contribution in [-0.4, -0.2) is 33.0 Å². The zero-order valence-corrected chi connectivity index (χ0v) is 18.2. The maximum Gasteiger partial charge on any atom is 0.281 e. The van der Waals surface area contributed by atoms with Crippen LogP contribution in [0.3, 0.4) is 0 Å². The number of benzene rings is 2. The Labute approximate surface area is 185 Å². The average Bonchev–Trinajstić information content (AvgIpc) is 2.97. The first kappa shape index (κ1) is 20.5. The lowest BCUT2D eigenvalue weighted by Gasteiger charge is -2.34. The number of aromatic hydroxyl groups is 2. The second kappa shape index (κ2) is 6.53. The zero-order chi connectivity index (χ0) is 23.0. The Morgan fingerprint density at radius 2 is 1.81 bits per heavy atom. The molecule has 0 fully saturated rings. The molecule has 7 nitrogen and oxygen atoms in total. The fraction of sp³-hybridized carbons (Fsp3) is 0.320. The van der Waals surface area contributed by atoms with Crippen molar-refractivity contribution in [2.75, 3.05) is 0 Å². The number of aliphatic hydroxyl groups is 1. The van der Waals surface area contributed by atoms with Gasteiger partial charge in [-0.3, -0.25) is 4.79 Å². The van der Waals surface area contributed by atoms with Crippen molar-refractivity contribution < 1.29 is 34.3 Å². The number of ether oxygens (including phenoxy) is 3. The van der Waals surface area contributed by atoms with Crippen LogP contribution in [0.15, 0.2) is 35.9 Å². The van der Waals surface area contributed by atoms with E-state index in [4.69, 9.17) is 14.2 Å². The van der Waals surface area contributed by atoms with Crippen molar-refractivity contribution in [3.8, 4) is 28.7 Å². The van der Waals surface area contributed by atoms with E-state index in [0.29, 0.717) is 11.3 Å². The van der Waals surface area contributed by atoms with Gasteiger partial charge in [0.25, 0.3) is 6.29 Å². The van der Waals surface area contributed by atoms with Crippen LogP contribution in [0.2, 0.25) is 0 Å². The van der Waals surface area contributed by atoms with E-state index in [1.54, 1.807) is 12.1 Å². The molecule has 3 aliphatic heterocycles. The summed E-state index contributed by atoms with van der Waals surface area (Å²) >= 11 is 0. The first-order valence-electron chi connectivity index (χ1n) is 10.4. The minimum atomic E-state index is -2.15. The van der Waals surface area contributed by atoms with Crippen molar-refractivity contribution in [2.45, 2.75) is 51.6 Å². The van der Waals surface area contributed by atoms with E-state index in [1.807, 2.05) is 45.9 Å². The third kappa shape index (κ3) is 2.81. The van der Waals surface area contributed by atoms with Gasteiger partial charge in [-0.2, -0.15) is 0 Å². The van der Waals surface area contributed by atoms with Crippen LogP contribution in [0.25, 0.3) is 6.08 Å². The molecule has 0 bridgehead atoms. The molecule has 3 aliphatic rings. The lowest BCUT2D eigenvalue weighted by molar-refractivity contribution is -0.118. The van der Waals surface area contributed by atoms with Crippen molar-refractivity contribution >= 4 is 11.9 Å². The van der Waals surface area contributed by atoms with Crippen LogP contribution in [0.4, 0.5) is 0 Å². The lowest BCUT2D eigenvalue weighted by Crippen LogP contribution is -2.51. The van der Waals surface area contributed by atoms with Gasteiger partial charge in [-0.1, -0.05) is 17.7 Å². The summed E-state index contributed by atoms with van der Waals surface area (Å²) in [5, 5.41) is 32.8. The number of phenols is 2. The third-order valence-electron chi connectivity index (χ3n) is 6.00. The molecule has 0 spiro atoms. The number of fused-ring (bicyclic) bond motifs is 5. The number of carbonyl (C=O) groups excluding carboxylic acids is 1. The van der Waals surface area contributed by atoms with E-state index < -0.39 is 29.0 Å². The van der Waals surface area contributed by atoms with Gasteiger partial charge in [0.1, 0.15) is 39.9 Å². The summed E-state index contributed by atoms with van der Waals surface area (Å²) in [5.41, 5.74) is -0.726. The van der Waals surface area contributed by atoms with E-state index in [9.17, 15) is 20.1 Å². The van der Waals surface area contributed by atoms with E-state index in [-0.39, 0.29) is 40.4 Å². The Kier molecular flexibility index (Phi) is 4.17. The smallest absolute Gasteiger partial charge is 0.281 e. The highest BCUT2D eigenvalue weighted by Crippen LogP contribution is 2.53. The molecule has 2 unspecified atom stereocenters. The summed E-state index contributed by atoms with van der Waals surface area (Å²) < 4.78 is 17.5. The maximum atomic E-state index is 13.6. The summed E-state index contributed by atoms with van der Waals surface area (Å²) in [6, 6.07) is 4.54. The molecule has 0 saturated carbocycles. The van der Waals surface area contributed by atoms with Crippen molar-refractivity contribution in [1.82, 2.24) is 0 Å². The van der Waals surface area contributed by atoms with Gasteiger partial charge in [0.15, 0.2) is 0 Å². The molecule has 0 amide bonds. The van der Waals surface area contributed by atoms with E-state index in [1.165, 1.54) is 6.07 Å². The Morgan fingerprint density at radius 1 is 1.09 bits per heavy atom. The Morgan fingerprint density at radius 3 is 2.53 bits per heavy atom. The molecule has 3 N–H and O–H groups in total. The number of allylic oxidation sites excluding steroid dienone is 2. The molecule has 5 rings (SSSR count). The molecular formula is C25H24O7. The highest BCUT2D eigenvalue weighted by molar-refractivity contribution is 6.09. The summed E-state index contributed by atoms with van der Waals surface area (Å²) in [7, 11) is 0. The van der Waals surface area contributed by atoms with Crippen LogP contribution >= 0.6 is 0 Å². The Hall–Kier alpha value is -3.45.